The van der Waals surface area contributed by atoms with E-state index in [1.54, 1.807) is 12.3 Å². The van der Waals surface area contributed by atoms with Crippen LogP contribution in [0.4, 0.5) is 15.8 Å². The molecule has 1 amide bonds. The van der Waals surface area contributed by atoms with Gasteiger partial charge < -0.3 is 11.1 Å². The predicted molar refractivity (Wildman–Crippen MR) is 80.5 cm³/mol. The SMILES string of the molecule is Nc1ccc(C(=O)Nc2cccc3cccnc23)cc1F. The number of carbonyl (C=O) groups is 1. The first kappa shape index (κ1) is 13.1. The second-order valence-corrected chi connectivity index (χ2v) is 4.57. The number of fused-ring (bicyclic) bond motifs is 1. The van der Waals surface area contributed by atoms with Gasteiger partial charge >= 0.3 is 0 Å². The van der Waals surface area contributed by atoms with Crippen molar-refractivity contribution in [3.8, 4) is 0 Å². The highest BCUT2D eigenvalue weighted by Crippen LogP contribution is 2.21. The lowest BCUT2D eigenvalue weighted by Crippen LogP contribution is -2.13. The van der Waals surface area contributed by atoms with Gasteiger partial charge in [0, 0.05) is 17.1 Å². The molecule has 104 valence electrons. The largest absolute Gasteiger partial charge is 0.396 e. The lowest BCUT2D eigenvalue weighted by molar-refractivity contribution is 0.102. The Labute approximate surface area is 120 Å². The van der Waals surface area contributed by atoms with Crippen LogP contribution in [0.1, 0.15) is 10.4 Å². The summed E-state index contributed by atoms with van der Waals surface area (Å²) in [7, 11) is 0. The van der Waals surface area contributed by atoms with Crippen LogP contribution in [0.5, 0.6) is 0 Å². The van der Waals surface area contributed by atoms with E-state index in [2.05, 4.69) is 10.3 Å². The Hall–Kier alpha value is -2.95. The van der Waals surface area contributed by atoms with Gasteiger partial charge in [0.25, 0.3) is 5.91 Å². The molecule has 0 spiro atoms. The van der Waals surface area contributed by atoms with Crippen molar-refractivity contribution >= 4 is 28.2 Å². The fourth-order valence-corrected chi connectivity index (χ4v) is 2.07. The number of rotatable bonds is 2. The first-order chi connectivity index (χ1) is 10.1. The highest BCUT2D eigenvalue weighted by Gasteiger charge is 2.10. The Balaban J connectivity index is 1.94. The monoisotopic (exact) mass is 281 g/mol. The molecule has 0 saturated heterocycles. The van der Waals surface area contributed by atoms with Crippen molar-refractivity contribution < 1.29 is 9.18 Å². The molecule has 0 saturated carbocycles. The van der Waals surface area contributed by atoms with Crippen LogP contribution in [0, 0.1) is 5.82 Å². The Morgan fingerprint density at radius 3 is 2.76 bits per heavy atom. The van der Waals surface area contributed by atoms with E-state index in [0.29, 0.717) is 11.2 Å². The molecule has 0 radical (unpaired) electrons. The summed E-state index contributed by atoms with van der Waals surface area (Å²) in [5.74, 6) is -1.02. The zero-order valence-electron chi connectivity index (χ0n) is 11.0. The molecule has 3 aromatic rings. The van der Waals surface area contributed by atoms with Gasteiger partial charge in [-0.05, 0) is 30.3 Å². The molecule has 3 N–H and O–H groups in total. The number of halogens is 1. The summed E-state index contributed by atoms with van der Waals surface area (Å²) in [6.45, 7) is 0. The topological polar surface area (TPSA) is 68.0 Å². The first-order valence-electron chi connectivity index (χ1n) is 6.35. The van der Waals surface area contributed by atoms with Gasteiger partial charge in [-0.15, -0.1) is 0 Å². The van der Waals surface area contributed by atoms with E-state index in [9.17, 15) is 9.18 Å². The fraction of sp³-hybridized carbons (Fsp3) is 0. The van der Waals surface area contributed by atoms with Crippen molar-refractivity contribution in [1.82, 2.24) is 4.98 Å². The van der Waals surface area contributed by atoms with E-state index in [1.165, 1.54) is 12.1 Å². The molecule has 0 unspecified atom stereocenters. The number of aromatic nitrogens is 1. The smallest absolute Gasteiger partial charge is 0.255 e. The first-order valence-corrected chi connectivity index (χ1v) is 6.35. The number of pyridine rings is 1. The summed E-state index contributed by atoms with van der Waals surface area (Å²) < 4.78 is 13.4. The third-order valence-corrected chi connectivity index (χ3v) is 3.14. The predicted octanol–water partition coefficient (Wildman–Crippen LogP) is 3.21. The second-order valence-electron chi connectivity index (χ2n) is 4.57. The van der Waals surface area contributed by atoms with Gasteiger partial charge in [0.1, 0.15) is 5.82 Å². The zero-order chi connectivity index (χ0) is 14.8. The van der Waals surface area contributed by atoms with E-state index in [4.69, 9.17) is 5.73 Å². The fourth-order valence-electron chi connectivity index (χ4n) is 2.07. The number of nitrogens with two attached hydrogens (primary N) is 1. The molecular weight excluding hydrogens is 269 g/mol. The Kier molecular flexibility index (Phi) is 3.23. The Morgan fingerprint density at radius 1 is 1.14 bits per heavy atom. The van der Waals surface area contributed by atoms with Crippen molar-refractivity contribution in [3.05, 3.63) is 66.1 Å². The van der Waals surface area contributed by atoms with Gasteiger partial charge in [-0.25, -0.2) is 4.39 Å². The summed E-state index contributed by atoms with van der Waals surface area (Å²) >= 11 is 0. The van der Waals surface area contributed by atoms with E-state index < -0.39 is 11.7 Å². The van der Waals surface area contributed by atoms with Crippen LogP contribution in [0.2, 0.25) is 0 Å². The lowest BCUT2D eigenvalue weighted by atomic mass is 10.1. The third-order valence-electron chi connectivity index (χ3n) is 3.14. The average Bonchev–Trinajstić information content (AvgIpc) is 2.50. The maximum Gasteiger partial charge on any atom is 0.255 e. The minimum Gasteiger partial charge on any atom is -0.396 e. The Bertz CT molecular complexity index is 827. The van der Waals surface area contributed by atoms with Crippen LogP contribution >= 0.6 is 0 Å². The van der Waals surface area contributed by atoms with Crippen LogP contribution in [0.3, 0.4) is 0 Å². The quantitative estimate of drug-likeness (QED) is 0.709. The molecular formula is C16H12FN3O. The van der Waals surface area contributed by atoms with Crippen molar-refractivity contribution in [3.63, 3.8) is 0 Å². The third kappa shape index (κ3) is 2.53. The van der Waals surface area contributed by atoms with Crippen LogP contribution in [-0.4, -0.2) is 10.9 Å². The van der Waals surface area contributed by atoms with Crippen molar-refractivity contribution in [1.29, 1.82) is 0 Å². The zero-order valence-corrected chi connectivity index (χ0v) is 11.0. The summed E-state index contributed by atoms with van der Waals surface area (Å²) in [5, 5.41) is 3.65. The number of benzene rings is 2. The highest BCUT2D eigenvalue weighted by atomic mass is 19.1. The molecule has 2 aromatic carbocycles. The van der Waals surface area contributed by atoms with Crippen molar-refractivity contribution in [2.45, 2.75) is 0 Å². The number of anilines is 2. The van der Waals surface area contributed by atoms with Crippen molar-refractivity contribution in [2.75, 3.05) is 11.1 Å². The number of amides is 1. The molecule has 0 bridgehead atoms. The number of para-hydroxylation sites is 1. The molecule has 0 fully saturated rings. The number of carbonyl (C=O) groups excluding carboxylic acids is 1. The van der Waals surface area contributed by atoms with Gasteiger partial charge in [-0.1, -0.05) is 18.2 Å². The minimum atomic E-state index is -0.612. The molecule has 3 rings (SSSR count). The number of nitrogens with zero attached hydrogens (tertiary/aromatic N) is 1. The molecule has 0 aliphatic carbocycles. The van der Waals surface area contributed by atoms with Crippen LogP contribution in [0.15, 0.2) is 54.7 Å². The van der Waals surface area contributed by atoms with E-state index in [1.807, 2.05) is 24.3 Å². The van der Waals surface area contributed by atoms with Crippen LogP contribution in [-0.2, 0) is 0 Å². The molecule has 0 atom stereocenters. The summed E-state index contributed by atoms with van der Waals surface area (Å²) in [6.07, 6.45) is 1.65. The van der Waals surface area contributed by atoms with Gasteiger partial charge in [-0.2, -0.15) is 0 Å². The molecule has 0 aliphatic rings. The van der Waals surface area contributed by atoms with Gasteiger partial charge in [0.05, 0.1) is 16.9 Å². The van der Waals surface area contributed by atoms with Gasteiger partial charge in [0.15, 0.2) is 0 Å². The van der Waals surface area contributed by atoms with Gasteiger partial charge in [-0.3, -0.25) is 9.78 Å². The lowest BCUT2D eigenvalue weighted by Gasteiger charge is -2.08. The summed E-state index contributed by atoms with van der Waals surface area (Å²) in [4.78, 5) is 16.4. The minimum absolute atomic E-state index is 0.0124. The van der Waals surface area contributed by atoms with Crippen LogP contribution < -0.4 is 11.1 Å². The van der Waals surface area contributed by atoms with Gasteiger partial charge in [0.2, 0.25) is 0 Å². The number of nitrogen functional groups attached to an aromatic ring is 1. The maximum atomic E-state index is 13.4. The van der Waals surface area contributed by atoms with E-state index in [0.717, 1.165) is 11.5 Å². The molecule has 1 heterocycles. The number of hydrogen-bond donors (Lipinski definition) is 2. The normalized spacial score (nSPS) is 10.5. The number of nitrogens with one attached hydrogen (secondary N) is 1. The molecule has 0 aliphatic heterocycles. The van der Waals surface area contributed by atoms with Crippen molar-refractivity contribution in [2.24, 2.45) is 0 Å². The summed E-state index contributed by atoms with van der Waals surface area (Å²) in [5.41, 5.74) is 6.88. The molecule has 1 aromatic heterocycles. The second kappa shape index (κ2) is 5.20. The molecule has 4 nitrogen and oxygen atoms in total. The average molecular weight is 281 g/mol. The Morgan fingerprint density at radius 2 is 1.95 bits per heavy atom. The summed E-state index contributed by atoms with van der Waals surface area (Å²) in [6, 6.07) is 13.2. The highest BCUT2D eigenvalue weighted by molar-refractivity contribution is 6.08. The van der Waals surface area contributed by atoms with E-state index >= 15 is 0 Å². The van der Waals surface area contributed by atoms with Crippen LogP contribution in [0.25, 0.3) is 10.9 Å². The number of hydrogen-bond acceptors (Lipinski definition) is 3. The standard InChI is InChI=1S/C16H12FN3O/c17-12-9-11(6-7-13(12)18)16(21)20-14-5-1-3-10-4-2-8-19-15(10)14/h1-9H,18H2,(H,20,21). The maximum absolute atomic E-state index is 13.4. The molecule has 5 heteroatoms. The molecule has 21 heavy (non-hydrogen) atoms. The van der Waals surface area contributed by atoms with E-state index in [-0.39, 0.29) is 11.3 Å².